The summed E-state index contributed by atoms with van der Waals surface area (Å²) in [5.41, 5.74) is -0.285. The topological polar surface area (TPSA) is 108 Å². The molecule has 3 amide bonds. The minimum atomic E-state index is -1.23. The van der Waals surface area contributed by atoms with Crippen molar-refractivity contribution in [3.05, 3.63) is 28.2 Å². The molecule has 0 aromatic heterocycles. The minimum absolute atomic E-state index is 0.0431. The smallest absolute Gasteiger partial charge is 0.322 e. The van der Waals surface area contributed by atoms with Gasteiger partial charge in [0, 0.05) is 6.07 Å². The molecule has 21 heavy (non-hydrogen) atoms. The maximum absolute atomic E-state index is 13.4. The Kier molecular flexibility index (Phi) is 6.03. The Bertz CT molecular complexity index is 583. The summed E-state index contributed by atoms with van der Waals surface area (Å²) < 4.78 is 26.3. The van der Waals surface area contributed by atoms with Gasteiger partial charge in [0.1, 0.15) is 18.2 Å². The first-order valence-electron chi connectivity index (χ1n) is 5.47. The Morgan fingerprint density at radius 2 is 1.76 bits per heavy atom. The van der Waals surface area contributed by atoms with Crippen molar-refractivity contribution in [2.45, 2.75) is 0 Å². The van der Waals surface area contributed by atoms with Crippen LogP contribution in [0, 0.1) is 11.6 Å². The summed E-state index contributed by atoms with van der Waals surface area (Å²) in [5.74, 6) is -3.77. The maximum Gasteiger partial charge on any atom is 0.322 e. The summed E-state index contributed by atoms with van der Waals surface area (Å²) in [4.78, 5) is 32.7. The van der Waals surface area contributed by atoms with E-state index in [0.29, 0.717) is 6.07 Å². The Morgan fingerprint density at radius 3 is 2.38 bits per heavy atom. The van der Waals surface area contributed by atoms with Gasteiger partial charge >= 0.3 is 12.0 Å². The van der Waals surface area contributed by atoms with E-state index < -0.39 is 42.6 Å². The van der Waals surface area contributed by atoms with Crippen molar-refractivity contribution in [1.29, 1.82) is 0 Å². The fourth-order valence-electron chi connectivity index (χ4n) is 1.18. The molecule has 4 N–H and O–H groups in total. The van der Waals surface area contributed by atoms with Gasteiger partial charge in [0.25, 0.3) is 0 Å². The Hall–Kier alpha value is -2.23. The van der Waals surface area contributed by atoms with Crippen molar-refractivity contribution < 1.29 is 28.3 Å². The van der Waals surface area contributed by atoms with Crippen LogP contribution in [0.2, 0.25) is 0 Å². The van der Waals surface area contributed by atoms with Crippen molar-refractivity contribution in [3.8, 4) is 0 Å². The molecule has 0 aliphatic carbocycles. The predicted molar refractivity (Wildman–Crippen MR) is 71.7 cm³/mol. The first-order chi connectivity index (χ1) is 9.79. The van der Waals surface area contributed by atoms with Gasteiger partial charge in [-0.25, -0.2) is 13.6 Å². The van der Waals surface area contributed by atoms with Crippen LogP contribution in [-0.4, -0.2) is 36.1 Å². The van der Waals surface area contributed by atoms with E-state index in [1.165, 1.54) is 0 Å². The van der Waals surface area contributed by atoms with Crippen LogP contribution in [0.4, 0.5) is 19.3 Å². The van der Waals surface area contributed by atoms with Crippen molar-refractivity contribution in [2.24, 2.45) is 0 Å². The van der Waals surface area contributed by atoms with Gasteiger partial charge in [-0.2, -0.15) is 0 Å². The third-order valence-electron chi connectivity index (χ3n) is 2.10. The predicted octanol–water partition coefficient (Wildman–Crippen LogP) is 1.05. The van der Waals surface area contributed by atoms with Crippen LogP contribution < -0.4 is 16.0 Å². The number of carboxylic acid groups (broad SMARTS) is 1. The first-order valence-corrected chi connectivity index (χ1v) is 6.26. The van der Waals surface area contributed by atoms with E-state index in [0.717, 1.165) is 6.07 Å². The van der Waals surface area contributed by atoms with Gasteiger partial charge in [-0.15, -0.1) is 0 Å². The molecule has 0 heterocycles. The van der Waals surface area contributed by atoms with Crippen LogP contribution in [0.1, 0.15) is 0 Å². The Labute approximate surface area is 125 Å². The summed E-state index contributed by atoms with van der Waals surface area (Å²) in [6.07, 6.45) is 0. The number of urea groups is 1. The first kappa shape index (κ1) is 16.8. The summed E-state index contributed by atoms with van der Waals surface area (Å²) in [6, 6.07) is 0.700. The molecule has 0 aliphatic rings. The second-order valence-electron chi connectivity index (χ2n) is 3.72. The third kappa shape index (κ3) is 5.73. The lowest BCUT2D eigenvalue weighted by atomic mass is 10.3. The van der Waals surface area contributed by atoms with Crippen LogP contribution in [0.15, 0.2) is 16.6 Å². The van der Waals surface area contributed by atoms with Gasteiger partial charge in [0.15, 0.2) is 0 Å². The summed E-state index contributed by atoms with van der Waals surface area (Å²) in [5, 5.41) is 14.5. The summed E-state index contributed by atoms with van der Waals surface area (Å²) in [6.45, 7) is -1.08. The highest BCUT2D eigenvalue weighted by atomic mass is 79.9. The van der Waals surface area contributed by atoms with Gasteiger partial charge < -0.3 is 21.1 Å². The van der Waals surface area contributed by atoms with E-state index >= 15 is 0 Å². The zero-order valence-electron chi connectivity index (χ0n) is 10.4. The number of hydrogen-bond donors (Lipinski definition) is 4. The average Bonchev–Trinajstić information content (AvgIpc) is 2.40. The maximum atomic E-state index is 13.4. The van der Waals surface area contributed by atoms with Gasteiger partial charge in [-0.3, -0.25) is 9.59 Å². The number of carbonyl (C=O) groups is 3. The molecule has 0 unspecified atom stereocenters. The lowest BCUT2D eigenvalue weighted by Gasteiger charge is -2.09. The Morgan fingerprint density at radius 1 is 1.10 bits per heavy atom. The SMILES string of the molecule is O=C(O)CNC(=O)CNC(=O)Nc1cc(Br)c(F)cc1F. The quantitative estimate of drug-likeness (QED) is 0.585. The molecule has 1 aromatic carbocycles. The number of rotatable bonds is 5. The fourth-order valence-corrected chi connectivity index (χ4v) is 1.53. The Balaban J connectivity index is 2.49. The summed E-state index contributed by atoms with van der Waals surface area (Å²) in [7, 11) is 0. The molecule has 0 bridgehead atoms. The van der Waals surface area contributed by atoms with E-state index in [1.54, 1.807) is 0 Å². The molecule has 0 fully saturated rings. The number of hydrogen-bond acceptors (Lipinski definition) is 3. The van der Waals surface area contributed by atoms with Crippen molar-refractivity contribution in [3.63, 3.8) is 0 Å². The van der Waals surface area contributed by atoms with E-state index in [1.807, 2.05) is 5.32 Å². The number of benzene rings is 1. The van der Waals surface area contributed by atoms with E-state index in [-0.39, 0.29) is 10.2 Å². The number of nitrogens with one attached hydrogen (secondary N) is 3. The fraction of sp³-hybridized carbons (Fsp3) is 0.182. The number of halogens is 3. The molecule has 114 valence electrons. The van der Waals surface area contributed by atoms with Crippen LogP contribution in [0.25, 0.3) is 0 Å². The van der Waals surface area contributed by atoms with E-state index in [9.17, 15) is 23.2 Å². The molecular formula is C11H10BrF2N3O4. The highest BCUT2D eigenvalue weighted by Gasteiger charge is 2.12. The molecular weight excluding hydrogens is 356 g/mol. The van der Waals surface area contributed by atoms with E-state index in [2.05, 4.69) is 26.6 Å². The minimum Gasteiger partial charge on any atom is -0.480 e. The van der Waals surface area contributed by atoms with Crippen LogP contribution >= 0.6 is 15.9 Å². The largest absolute Gasteiger partial charge is 0.480 e. The van der Waals surface area contributed by atoms with Crippen LogP contribution in [-0.2, 0) is 9.59 Å². The highest BCUT2D eigenvalue weighted by Crippen LogP contribution is 2.23. The molecule has 0 saturated heterocycles. The standard InChI is InChI=1S/C11H10BrF2N3O4/c12-5-1-8(7(14)2-6(5)13)17-11(21)16-3-9(18)15-4-10(19)20/h1-2H,3-4H2,(H,15,18)(H,19,20)(H2,16,17,21). The lowest BCUT2D eigenvalue weighted by molar-refractivity contribution is -0.137. The molecule has 1 rings (SSSR count). The van der Waals surface area contributed by atoms with Crippen molar-refractivity contribution in [1.82, 2.24) is 10.6 Å². The van der Waals surface area contributed by atoms with E-state index in [4.69, 9.17) is 5.11 Å². The average molecular weight is 366 g/mol. The second-order valence-corrected chi connectivity index (χ2v) is 4.58. The zero-order chi connectivity index (χ0) is 16.0. The molecule has 0 atom stereocenters. The van der Waals surface area contributed by atoms with Crippen molar-refractivity contribution in [2.75, 3.05) is 18.4 Å². The normalized spacial score (nSPS) is 9.86. The number of aliphatic carboxylic acids is 1. The van der Waals surface area contributed by atoms with Crippen molar-refractivity contribution >= 4 is 39.5 Å². The highest BCUT2D eigenvalue weighted by molar-refractivity contribution is 9.10. The van der Waals surface area contributed by atoms with Crippen LogP contribution in [0.3, 0.4) is 0 Å². The molecule has 1 aromatic rings. The zero-order valence-corrected chi connectivity index (χ0v) is 12.0. The van der Waals surface area contributed by atoms with Gasteiger partial charge in [-0.1, -0.05) is 0 Å². The molecule has 0 radical (unpaired) electrons. The molecule has 0 saturated carbocycles. The third-order valence-corrected chi connectivity index (χ3v) is 2.71. The molecule has 0 aliphatic heterocycles. The monoisotopic (exact) mass is 365 g/mol. The van der Waals surface area contributed by atoms with Gasteiger partial charge in [0.2, 0.25) is 5.91 Å². The second kappa shape index (κ2) is 7.53. The number of anilines is 1. The molecule has 7 nitrogen and oxygen atoms in total. The number of carbonyl (C=O) groups excluding carboxylic acids is 2. The molecule has 0 spiro atoms. The number of amides is 3. The molecule has 10 heteroatoms. The van der Waals surface area contributed by atoms with Crippen LogP contribution in [0.5, 0.6) is 0 Å². The lowest BCUT2D eigenvalue weighted by Crippen LogP contribution is -2.40. The summed E-state index contributed by atoms with van der Waals surface area (Å²) >= 11 is 2.83. The van der Waals surface area contributed by atoms with Gasteiger partial charge in [-0.05, 0) is 22.0 Å². The number of carboxylic acids is 1. The van der Waals surface area contributed by atoms with Gasteiger partial charge in [0.05, 0.1) is 16.7 Å².